The topological polar surface area (TPSA) is 110 Å². The van der Waals surface area contributed by atoms with Crippen molar-refractivity contribution in [2.75, 3.05) is 24.7 Å². The highest BCUT2D eigenvalue weighted by atomic mass is 32.2. The maximum Gasteiger partial charge on any atom is 0.374 e. The molecule has 1 heterocycles. The normalized spacial score (nSPS) is 13.0. The smallest absolute Gasteiger partial charge is 0.374 e. The number of anilines is 1. The first-order valence-corrected chi connectivity index (χ1v) is 8.11. The minimum atomic E-state index is -3.53. The number of sulfonamides is 1. The van der Waals surface area contributed by atoms with Crippen LogP contribution < -0.4 is 4.72 Å². The third-order valence-electron chi connectivity index (χ3n) is 2.99. The fourth-order valence-corrected chi connectivity index (χ4v) is 3.19. The first kappa shape index (κ1) is 16.2. The summed E-state index contributed by atoms with van der Waals surface area (Å²) in [4.78, 5) is 18.2. The zero-order chi connectivity index (χ0) is 16.3. The molecule has 9 heteroatoms. The highest BCUT2D eigenvalue weighted by Gasteiger charge is 2.16. The van der Waals surface area contributed by atoms with E-state index >= 15 is 0 Å². The van der Waals surface area contributed by atoms with E-state index in [2.05, 4.69) is 19.4 Å². The molecule has 0 aliphatic rings. The number of nitrogens with one attached hydrogen (secondary N) is 2. The number of esters is 1. The van der Waals surface area contributed by atoms with Gasteiger partial charge in [0.25, 0.3) is 0 Å². The minimum Gasteiger partial charge on any atom is -0.463 e. The van der Waals surface area contributed by atoms with Crippen molar-refractivity contribution in [1.29, 1.82) is 0 Å². The lowest BCUT2D eigenvalue weighted by Crippen LogP contribution is -2.25. The Labute approximate surface area is 127 Å². The second-order valence-electron chi connectivity index (χ2n) is 4.74. The van der Waals surface area contributed by atoms with Crippen molar-refractivity contribution in [3.05, 3.63) is 24.0 Å². The molecule has 0 saturated carbocycles. The maximum absolute atomic E-state index is 12.0. The number of rotatable bonds is 6. The number of ether oxygens (including phenoxy) is 2. The standard InChI is InChI=1S/C13H17N3O5S/c1-8(20-2)7-22(18,19)16-9-4-5-10-11(6-9)15-12(14-10)13(17)21-3/h4-6,8,16H,7H2,1-3H3,(H,14,15). The molecule has 2 N–H and O–H groups in total. The molecule has 0 aliphatic carbocycles. The van der Waals surface area contributed by atoms with Gasteiger partial charge in [0.1, 0.15) is 0 Å². The molecule has 8 nitrogen and oxygen atoms in total. The van der Waals surface area contributed by atoms with Crippen LogP contribution in [0.2, 0.25) is 0 Å². The van der Waals surface area contributed by atoms with Crippen LogP contribution in [0.1, 0.15) is 17.5 Å². The Kier molecular flexibility index (Phi) is 4.67. The molecule has 1 aromatic heterocycles. The molecule has 1 atom stereocenters. The van der Waals surface area contributed by atoms with Gasteiger partial charge in [-0.3, -0.25) is 4.72 Å². The Morgan fingerprint density at radius 3 is 2.77 bits per heavy atom. The van der Waals surface area contributed by atoms with Gasteiger partial charge in [0.05, 0.1) is 35.7 Å². The number of nitrogens with zero attached hydrogens (tertiary/aromatic N) is 1. The molecule has 0 radical (unpaired) electrons. The molecular weight excluding hydrogens is 310 g/mol. The lowest BCUT2D eigenvalue weighted by Gasteiger charge is -2.12. The van der Waals surface area contributed by atoms with E-state index < -0.39 is 22.1 Å². The van der Waals surface area contributed by atoms with Crippen molar-refractivity contribution < 1.29 is 22.7 Å². The van der Waals surface area contributed by atoms with Gasteiger partial charge in [0, 0.05) is 7.11 Å². The van der Waals surface area contributed by atoms with E-state index in [4.69, 9.17) is 4.74 Å². The Morgan fingerprint density at radius 2 is 2.14 bits per heavy atom. The number of benzene rings is 1. The molecule has 120 valence electrons. The summed E-state index contributed by atoms with van der Waals surface area (Å²) in [5.41, 5.74) is 1.44. The third kappa shape index (κ3) is 3.74. The molecule has 0 aliphatic heterocycles. The second kappa shape index (κ2) is 6.32. The molecule has 0 spiro atoms. The zero-order valence-electron chi connectivity index (χ0n) is 12.4. The van der Waals surface area contributed by atoms with Crippen LogP contribution in [0, 0.1) is 0 Å². The largest absolute Gasteiger partial charge is 0.463 e. The molecule has 22 heavy (non-hydrogen) atoms. The van der Waals surface area contributed by atoms with Crippen LogP contribution >= 0.6 is 0 Å². The molecule has 0 bridgehead atoms. The number of hydrogen-bond donors (Lipinski definition) is 2. The number of hydrogen-bond acceptors (Lipinski definition) is 6. The number of carbonyl (C=O) groups is 1. The van der Waals surface area contributed by atoms with Crippen molar-refractivity contribution in [3.8, 4) is 0 Å². The molecular formula is C13H17N3O5S. The average Bonchev–Trinajstić information content (AvgIpc) is 2.88. The summed E-state index contributed by atoms with van der Waals surface area (Å²) < 4.78 is 35.9. The van der Waals surface area contributed by atoms with Crippen molar-refractivity contribution in [2.45, 2.75) is 13.0 Å². The SMILES string of the molecule is COC(=O)c1nc2ccc(NS(=O)(=O)CC(C)OC)cc2[nH]1. The molecule has 2 aromatic rings. The third-order valence-corrected chi connectivity index (χ3v) is 4.45. The lowest BCUT2D eigenvalue weighted by atomic mass is 10.3. The highest BCUT2D eigenvalue weighted by molar-refractivity contribution is 7.92. The summed E-state index contributed by atoms with van der Waals surface area (Å²) in [5, 5.41) is 0. The monoisotopic (exact) mass is 327 g/mol. The van der Waals surface area contributed by atoms with Crippen molar-refractivity contribution in [1.82, 2.24) is 9.97 Å². The van der Waals surface area contributed by atoms with Gasteiger partial charge in [-0.15, -0.1) is 0 Å². The van der Waals surface area contributed by atoms with Crippen molar-refractivity contribution in [2.24, 2.45) is 0 Å². The minimum absolute atomic E-state index is 0.0607. The van der Waals surface area contributed by atoms with Crippen LogP contribution in [0.25, 0.3) is 11.0 Å². The molecule has 0 amide bonds. The highest BCUT2D eigenvalue weighted by Crippen LogP contribution is 2.19. The number of imidazole rings is 1. The van der Waals surface area contributed by atoms with Gasteiger partial charge < -0.3 is 14.5 Å². The van der Waals surface area contributed by atoms with Crippen LogP contribution in [-0.2, 0) is 19.5 Å². The van der Waals surface area contributed by atoms with E-state index in [9.17, 15) is 13.2 Å². The number of fused-ring (bicyclic) bond motifs is 1. The van der Waals surface area contributed by atoms with Crippen molar-refractivity contribution in [3.63, 3.8) is 0 Å². The quantitative estimate of drug-likeness (QED) is 0.769. The lowest BCUT2D eigenvalue weighted by molar-refractivity contribution is 0.0588. The van der Waals surface area contributed by atoms with Gasteiger partial charge in [-0.05, 0) is 25.1 Å². The Hall–Kier alpha value is -2.13. The van der Waals surface area contributed by atoms with Crippen LogP contribution in [-0.4, -0.2) is 50.4 Å². The van der Waals surface area contributed by atoms with Gasteiger partial charge in [0.2, 0.25) is 15.8 Å². The molecule has 0 fully saturated rings. The van der Waals surface area contributed by atoms with Gasteiger partial charge in [-0.1, -0.05) is 0 Å². The predicted molar refractivity (Wildman–Crippen MR) is 81.3 cm³/mol. The number of methoxy groups -OCH3 is 2. The van der Waals surface area contributed by atoms with E-state index in [1.165, 1.54) is 14.2 Å². The second-order valence-corrected chi connectivity index (χ2v) is 6.51. The molecule has 0 saturated heterocycles. The fourth-order valence-electron chi connectivity index (χ4n) is 1.86. The van der Waals surface area contributed by atoms with Crippen LogP contribution in [0.3, 0.4) is 0 Å². The number of carbonyl (C=O) groups excluding carboxylic acids is 1. The predicted octanol–water partition coefficient (Wildman–Crippen LogP) is 1.13. The first-order chi connectivity index (χ1) is 10.3. The van der Waals surface area contributed by atoms with Gasteiger partial charge >= 0.3 is 5.97 Å². The van der Waals surface area contributed by atoms with E-state index in [-0.39, 0.29) is 11.6 Å². The summed E-state index contributed by atoms with van der Waals surface area (Å²) in [6, 6.07) is 4.74. The summed E-state index contributed by atoms with van der Waals surface area (Å²) in [6.07, 6.45) is -0.417. The van der Waals surface area contributed by atoms with Gasteiger partial charge in [0.15, 0.2) is 0 Å². The number of aromatic amines is 1. The molecule has 2 rings (SSSR count). The fraction of sp³-hybridized carbons (Fsp3) is 0.385. The molecule has 1 aromatic carbocycles. The van der Waals surface area contributed by atoms with Crippen LogP contribution in [0.5, 0.6) is 0 Å². The van der Waals surface area contributed by atoms with Crippen LogP contribution in [0.4, 0.5) is 5.69 Å². The maximum atomic E-state index is 12.0. The Bertz CT molecular complexity index is 784. The van der Waals surface area contributed by atoms with E-state index in [1.807, 2.05) is 0 Å². The van der Waals surface area contributed by atoms with E-state index in [0.717, 1.165) is 0 Å². The van der Waals surface area contributed by atoms with Crippen LogP contribution in [0.15, 0.2) is 18.2 Å². The summed E-state index contributed by atoms with van der Waals surface area (Å²) >= 11 is 0. The Morgan fingerprint density at radius 1 is 1.41 bits per heavy atom. The summed E-state index contributed by atoms with van der Waals surface area (Å²) in [7, 11) is -0.824. The van der Waals surface area contributed by atoms with Gasteiger partial charge in [-0.2, -0.15) is 0 Å². The number of H-pyrrole nitrogens is 1. The first-order valence-electron chi connectivity index (χ1n) is 6.46. The Balaban J connectivity index is 2.24. The molecule has 1 unspecified atom stereocenters. The summed E-state index contributed by atoms with van der Waals surface area (Å²) in [6.45, 7) is 1.67. The zero-order valence-corrected chi connectivity index (χ0v) is 13.2. The van der Waals surface area contributed by atoms with E-state index in [1.54, 1.807) is 25.1 Å². The average molecular weight is 327 g/mol. The summed E-state index contributed by atoms with van der Waals surface area (Å²) in [5.74, 6) is -0.685. The van der Waals surface area contributed by atoms with E-state index in [0.29, 0.717) is 16.7 Å². The van der Waals surface area contributed by atoms with Crippen molar-refractivity contribution >= 4 is 32.7 Å². The number of aromatic nitrogens is 2. The van der Waals surface area contributed by atoms with Gasteiger partial charge in [-0.25, -0.2) is 18.2 Å².